The van der Waals surface area contributed by atoms with Gasteiger partial charge in [0.15, 0.2) is 0 Å². The Hall–Kier alpha value is -4.57. The monoisotopic (exact) mass is 587 g/mol. The quantitative estimate of drug-likeness (QED) is 0.214. The smallest absolute Gasteiger partial charge is 0.269 e. The van der Waals surface area contributed by atoms with E-state index < -0.39 is 17.3 Å². The van der Waals surface area contributed by atoms with Gasteiger partial charge < -0.3 is 15.4 Å². The molecule has 0 unspecified atom stereocenters. The fourth-order valence-corrected chi connectivity index (χ4v) is 4.29. The molecule has 2 aromatic carbocycles. The summed E-state index contributed by atoms with van der Waals surface area (Å²) >= 11 is 3.23. The molecule has 1 amide bonds. The molecule has 2 N–H and O–H groups in total. The molecule has 0 fully saturated rings. The third kappa shape index (κ3) is 5.80. The van der Waals surface area contributed by atoms with Crippen LogP contribution < -0.4 is 20.9 Å². The zero-order chi connectivity index (χ0) is 27.4. The van der Waals surface area contributed by atoms with Crippen molar-refractivity contribution in [3.05, 3.63) is 111 Å². The molecule has 39 heavy (non-hydrogen) atoms. The predicted molar refractivity (Wildman–Crippen MR) is 152 cm³/mol. The molecular formula is C29H23BrFN5O3. The van der Waals surface area contributed by atoms with Gasteiger partial charge in [-0.1, -0.05) is 22.9 Å². The summed E-state index contributed by atoms with van der Waals surface area (Å²) in [5, 5.41) is 6.46. The second-order valence-electron chi connectivity index (χ2n) is 8.59. The second kappa shape index (κ2) is 11.4. The molecule has 0 aliphatic heterocycles. The van der Waals surface area contributed by atoms with Crippen molar-refractivity contribution in [3.63, 3.8) is 0 Å². The second-order valence-corrected chi connectivity index (χ2v) is 9.51. The zero-order valence-corrected chi connectivity index (χ0v) is 22.4. The minimum Gasteiger partial charge on any atom is -0.457 e. The highest BCUT2D eigenvalue weighted by Crippen LogP contribution is 2.25. The van der Waals surface area contributed by atoms with Crippen LogP contribution >= 0.6 is 15.9 Å². The number of amides is 1. The maximum absolute atomic E-state index is 14.9. The van der Waals surface area contributed by atoms with Gasteiger partial charge in [0, 0.05) is 40.6 Å². The Kier molecular flexibility index (Phi) is 7.64. The number of carbonyl (C=O) groups is 1. The van der Waals surface area contributed by atoms with Gasteiger partial charge >= 0.3 is 0 Å². The van der Waals surface area contributed by atoms with Crippen LogP contribution in [0, 0.1) is 5.82 Å². The molecule has 0 spiro atoms. The zero-order valence-electron chi connectivity index (χ0n) is 20.8. The number of fused-ring (bicyclic) bond motifs is 1. The Bertz CT molecular complexity index is 1720. The largest absolute Gasteiger partial charge is 0.457 e. The van der Waals surface area contributed by atoms with E-state index in [1.54, 1.807) is 60.8 Å². The van der Waals surface area contributed by atoms with Crippen LogP contribution in [0.25, 0.3) is 16.7 Å². The van der Waals surface area contributed by atoms with Crippen LogP contribution in [0.5, 0.6) is 11.5 Å². The molecule has 8 nitrogen and oxygen atoms in total. The van der Waals surface area contributed by atoms with Crippen LogP contribution in [-0.2, 0) is 0 Å². The highest BCUT2D eigenvalue weighted by Gasteiger charge is 2.19. The number of pyridine rings is 3. The van der Waals surface area contributed by atoms with Crippen LogP contribution in [0.15, 0.2) is 94.5 Å². The number of benzene rings is 2. The first kappa shape index (κ1) is 26.1. The lowest BCUT2D eigenvalue weighted by Crippen LogP contribution is -2.29. The van der Waals surface area contributed by atoms with Crippen molar-refractivity contribution in [1.82, 2.24) is 14.5 Å². The molecular weight excluding hydrogens is 565 g/mol. The van der Waals surface area contributed by atoms with Crippen molar-refractivity contribution >= 4 is 44.4 Å². The van der Waals surface area contributed by atoms with Gasteiger partial charge in [-0.25, -0.2) is 14.4 Å². The van der Waals surface area contributed by atoms with E-state index in [0.29, 0.717) is 27.0 Å². The highest BCUT2D eigenvalue weighted by molar-refractivity contribution is 9.10. The van der Waals surface area contributed by atoms with Gasteiger partial charge in [0.1, 0.15) is 34.3 Å². The number of nitrogens with one attached hydrogen (secondary N) is 2. The third-order valence-electron chi connectivity index (χ3n) is 5.79. The first-order valence-corrected chi connectivity index (χ1v) is 13.0. The summed E-state index contributed by atoms with van der Waals surface area (Å²) in [4.78, 5) is 35.2. The van der Waals surface area contributed by atoms with Gasteiger partial charge in [-0.2, -0.15) is 0 Å². The molecule has 0 saturated carbocycles. The number of hydrogen-bond donors (Lipinski definition) is 2. The first-order valence-electron chi connectivity index (χ1n) is 12.2. The number of nitrogens with zero attached hydrogens (tertiary/aromatic N) is 3. The van der Waals surface area contributed by atoms with E-state index in [0.717, 1.165) is 23.4 Å². The average molecular weight is 588 g/mol. The summed E-state index contributed by atoms with van der Waals surface area (Å²) in [5.74, 6) is 0.634. The van der Waals surface area contributed by atoms with E-state index in [-0.39, 0.29) is 16.9 Å². The summed E-state index contributed by atoms with van der Waals surface area (Å²) in [6.45, 7) is 2.88. The number of rotatable bonds is 8. The van der Waals surface area contributed by atoms with Crippen LogP contribution in [0.4, 0.5) is 15.9 Å². The van der Waals surface area contributed by atoms with Crippen molar-refractivity contribution in [2.45, 2.75) is 13.3 Å². The Balaban J connectivity index is 1.40. The third-order valence-corrected chi connectivity index (χ3v) is 6.29. The molecule has 0 aliphatic carbocycles. The number of ether oxygens (including phenoxy) is 1. The molecule has 3 aromatic heterocycles. The van der Waals surface area contributed by atoms with Crippen molar-refractivity contribution in [2.24, 2.45) is 0 Å². The maximum atomic E-state index is 14.9. The topological polar surface area (TPSA) is 98.1 Å². The molecule has 3 heterocycles. The minimum absolute atomic E-state index is 0.00721. The van der Waals surface area contributed by atoms with E-state index in [4.69, 9.17) is 4.74 Å². The maximum Gasteiger partial charge on any atom is 0.269 e. The van der Waals surface area contributed by atoms with Crippen molar-refractivity contribution in [1.29, 1.82) is 0 Å². The number of carbonyl (C=O) groups excluding carboxylic acids is 1. The normalized spacial score (nSPS) is 10.8. The summed E-state index contributed by atoms with van der Waals surface area (Å²) in [7, 11) is 0. The lowest BCUT2D eigenvalue weighted by molar-refractivity contribution is 0.102. The van der Waals surface area contributed by atoms with Crippen LogP contribution in [-0.4, -0.2) is 27.0 Å². The summed E-state index contributed by atoms with van der Waals surface area (Å²) in [6, 6.07) is 19.5. The molecule has 10 heteroatoms. The molecule has 0 atom stereocenters. The molecule has 5 rings (SSSR count). The van der Waals surface area contributed by atoms with E-state index >= 15 is 0 Å². The van der Waals surface area contributed by atoms with Gasteiger partial charge in [-0.3, -0.25) is 14.2 Å². The summed E-state index contributed by atoms with van der Waals surface area (Å²) < 4.78 is 22.4. The van der Waals surface area contributed by atoms with Gasteiger partial charge in [0.2, 0.25) is 0 Å². The molecule has 0 saturated heterocycles. The number of halogens is 2. The SMILES string of the molecule is CCCNc1cc(Oc2ccc(NC(=O)c3cc4cccnc4n(-c4ccc(Br)cc4F)c3=O)cc2)ccn1. The van der Waals surface area contributed by atoms with Crippen LogP contribution in [0.3, 0.4) is 0 Å². The van der Waals surface area contributed by atoms with E-state index in [9.17, 15) is 14.0 Å². The standard InChI is InChI=1S/C29H23BrFN5O3/c1-2-12-32-26-17-22(11-14-33-26)39-21-8-6-20(7-9-21)35-28(37)23-15-18-4-3-13-34-27(18)36(29(23)38)25-10-5-19(30)16-24(25)31/h3-11,13-17H,2,12H2,1H3,(H,32,33)(H,35,37). The van der Waals surface area contributed by atoms with Gasteiger partial charge in [-0.05, 0) is 73.2 Å². The lowest BCUT2D eigenvalue weighted by atomic mass is 10.1. The predicted octanol–water partition coefficient (Wildman–Crippen LogP) is 6.55. The highest BCUT2D eigenvalue weighted by atomic mass is 79.9. The van der Waals surface area contributed by atoms with Crippen molar-refractivity contribution in [2.75, 3.05) is 17.2 Å². The fraction of sp³-hybridized carbons (Fsp3) is 0.103. The Morgan fingerprint density at radius 1 is 1.00 bits per heavy atom. The Morgan fingerprint density at radius 2 is 1.82 bits per heavy atom. The summed E-state index contributed by atoms with van der Waals surface area (Å²) in [6.07, 6.45) is 4.14. The number of aromatic nitrogens is 3. The lowest BCUT2D eigenvalue weighted by Gasteiger charge is -2.13. The summed E-state index contributed by atoms with van der Waals surface area (Å²) in [5.41, 5.74) is -0.148. The molecule has 0 bridgehead atoms. The van der Waals surface area contributed by atoms with Gasteiger partial charge in [0.05, 0.1) is 5.69 Å². The Labute approximate surface area is 231 Å². The van der Waals surface area contributed by atoms with Gasteiger partial charge in [-0.15, -0.1) is 0 Å². The van der Waals surface area contributed by atoms with Crippen molar-refractivity contribution in [3.8, 4) is 17.2 Å². The van der Waals surface area contributed by atoms with Crippen molar-refractivity contribution < 1.29 is 13.9 Å². The molecule has 0 radical (unpaired) electrons. The van der Waals surface area contributed by atoms with E-state index in [1.165, 1.54) is 24.4 Å². The van der Waals surface area contributed by atoms with Gasteiger partial charge in [0.25, 0.3) is 11.5 Å². The van der Waals surface area contributed by atoms with E-state index in [1.807, 2.05) is 0 Å². The molecule has 196 valence electrons. The van der Waals surface area contributed by atoms with E-state index in [2.05, 4.69) is 43.5 Å². The first-order chi connectivity index (χ1) is 18.9. The molecule has 0 aliphatic rings. The molecule has 5 aromatic rings. The minimum atomic E-state index is -0.690. The fourth-order valence-electron chi connectivity index (χ4n) is 3.96. The van der Waals surface area contributed by atoms with Crippen LogP contribution in [0.1, 0.15) is 23.7 Å². The average Bonchev–Trinajstić information content (AvgIpc) is 2.93. The number of hydrogen-bond acceptors (Lipinski definition) is 6. The Morgan fingerprint density at radius 3 is 2.59 bits per heavy atom. The number of anilines is 2. The van der Waals surface area contributed by atoms with Crippen LogP contribution in [0.2, 0.25) is 0 Å².